The van der Waals surface area contributed by atoms with Crippen LogP contribution in [0.4, 0.5) is 0 Å². The highest BCUT2D eigenvalue weighted by Crippen LogP contribution is 2.34. The molecule has 0 unspecified atom stereocenters. The van der Waals surface area contributed by atoms with E-state index in [0.29, 0.717) is 22.6 Å². The Morgan fingerprint density at radius 3 is 2.58 bits per heavy atom. The van der Waals surface area contributed by atoms with Gasteiger partial charge in [-0.05, 0) is 42.8 Å². The highest BCUT2D eigenvalue weighted by molar-refractivity contribution is 6.12. The van der Waals surface area contributed by atoms with E-state index in [4.69, 9.17) is 14.2 Å². The van der Waals surface area contributed by atoms with Crippen molar-refractivity contribution >= 4 is 17.8 Å². The quantitative estimate of drug-likeness (QED) is 0.319. The van der Waals surface area contributed by atoms with E-state index in [-0.39, 0.29) is 11.5 Å². The van der Waals surface area contributed by atoms with E-state index in [1.807, 2.05) is 49.4 Å². The number of para-hydroxylation sites is 1. The Balaban J connectivity index is 1.50. The molecule has 1 aliphatic heterocycles. The number of rotatable bonds is 5. The van der Waals surface area contributed by atoms with Crippen LogP contribution in [0.3, 0.4) is 0 Å². The molecule has 0 saturated carbocycles. The van der Waals surface area contributed by atoms with Gasteiger partial charge in [-0.15, -0.1) is 0 Å². The van der Waals surface area contributed by atoms with Gasteiger partial charge in [-0.1, -0.05) is 48.6 Å². The first-order valence-corrected chi connectivity index (χ1v) is 9.72. The van der Waals surface area contributed by atoms with E-state index in [0.717, 1.165) is 16.9 Å². The Morgan fingerprint density at radius 2 is 1.77 bits per heavy atom. The normalized spacial score (nSPS) is 13.9. The van der Waals surface area contributed by atoms with Gasteiger partial charge in [0.15, 0.2) is 5.76 Å². The predicted molar refractivity (Wildman–Crippen MR) is 118 cm³/mol. The second-order valence-corrected chi connectivity index (χ2v) is 6.93. The number of carbonyl (C=O) groups excluding carboxylic acids is 2. The third kappa shape index (κ3) is 4.26. The van der Waals surface area contributed by atoms with Gasteiger partial charge < -0.3 is 14.2 Å². The van der Waals surface area contributed by atoms with E-state index >= 15 is 0 Å². The molecule has 0 N–H and O–H groups in total. The molecule has 5 nitrogen and oxygen atoms in total. The molecular formula is C26H20O5. The summed E-state index contributed by atoms with van der Waals surface area (Å²) in [5, 5.41) is 0. The first-order chi connectivity index (χ1) is 15.1. The first-order valence-electron chi connectivity index (χ1n) is 9.72. The summed E-state index contributed by atoms with van der Waals surface area (Å²) in [6.45, 7) is 1.84. The summed E-state index contributed by atoms with van der Waals surface area (Å²) >= 11 is 0. The fraction of sp³-hybridized carbons (Fsp3) is 0.0769. The molecule has 0 atom stereocenters. The second-order valence-electron chi connectivity index (χ2n) is 6.93. The molecule has 0 saturated heterocycles. The standard InChI is InChI=1S/C26H20O5/c1-17-8-3-5-11-20(17)26(28)30-19-14-15-21-24(16-19)31-23(25(21)27)13-7-10-18-9-4-6-12-22(18)29-2/h3-16H,1-2H3/b10-7+,23-13+. The number of ether oxygens (including phenoxy) is 3. The zero-order chi connectivity index (χ0) is 21.8. The lowest BCUT2D eigenvalue weighted by Gasteiger charge is -2.07. The molecule has 0 aromatic heterocycles. The average molecular weight is 412 g/mol. The zero-order valence-electron chi connectivity index (χ0n) is 17.1. The van der Waals surface area contributed by atoms with Crippen molar-refractivity contribution < 1.29 is 23.8 Å². The fourth-order valence-electron chi connectivity index (χ4n) is 3.25. The minimum atomic E-state index is -0.460. The van der Waals surface area contributed by atoms with Gasteiger partial charge in [0, 0.05) is 11.6 Å². The molecule has 1 heterocycles. The summed E-state index contributed by atoms with van der Waals surface area (Å²) in [4.78, 5) is 25.0. The highest BCUT2D eigenvalue weighted by atomic mass is 16.5. The number of ketones is 1. The fourth-order valence-corrected chi connectivity index (χ4v) is 3.25. The Labute approximate surface area is 180 Å². The van der Waals surface area contributed by atoms with Crippen molar-refractivity contribution in [3.63, 3.8) is 0 Å². The monoisotopic (exact) mass is 412 g/mol. The van der Waals surface area contributed by atoms with Crippen molar-refractivity contribution in [1.82, 2.24) is 0 Å². The number of hydrogen-bond acceptors (Lipinski definition) is 5. The van der Waals surface area contributed by atoms with Crippen molar-refractivity contribution in [1.29, 1.82) is 0 Å². The lowest BCUT2D eigenvalue weighted by molar-refractivity contribution is 0.0733. The number of methoxy groups -OCH3 is 1. The van der Waals surface area contributed by atoms with E-state index in [1.54, 1.807) is 49.6 Å². The lowest BCUT2D eigenvalue weighted by Crippen LogP contribution is -2.10. The Morgan fingerprint density at radius 1 is 1.00 bits per heavy atom. The zero-order valence-corrected chi connectivity index (χ0v) is 17.1. The number of fused-ring (bicyclic) bond motifs is 1. The average Bonchev–Trinajstić information content (AvgIpc) is 3.09. The highest BCUT2D eigenvalue weighted by Gasteiger charge is 2.27. The molecule has 3 aromatic rings. The van der Waals surface area contributed by atoms with Crippen LogP contribution in [-0.4, -0.2) is 18.9 Å². The molecule has 0 radical (unpaired) electrons. The van der Waals surface area contributed by atoms with Gasteiger partial charge in [0.1, 0.15) is 17.2 Å². The number of hydrogen-bond donors (Lipinski definition) is 0. The third-order valence-electron chi connectivity index (χ3n) is 4.88. The van der Waals surface area contributed by atoms with Crippen molar-refractivity contribution in [2.45, 2.75) is 6.92 Å². The third-order valence-corrected chi connectivity index (χ3v) is 4.88. The number of Topliss-reactive ketones (excluding diaryl/α,β-unsaturated/α-hetero) is 1. The van der Waals surface area contributed by atoms with Crippen LogP contribution in [0.15, 0.2) is 84.6 Å². The Kier molecular flexibility index (Phi) is 5.67. The molecule has 0 bridgehead atoms. The van der Waals surface area contributed by atoms with Crippen LogP contribution in [0, 0.1) is 6.92 Å². The van der Waals surface area contributed by atoms with Gasteiger partial charge >= 0.3 is 5.97 Å². The molecule has 0 aliphatic carbocycles. The summed E-state index contributed by atoms with van der Waals surface area (Å²) in [6, 6.07) is 19.5. The van der Waals surface area contributed by atoms with E-state index < -0.39 is 5.97 Å². The molecule has 154 valence electrons. The van der Waals surface area contributed by atoms with Crippen LogP contribution in [-0.2, 0) is 0 Å². The van der Waals surface area contributed by atoms with Crippen LogP contribution in [0.5, 0.6) is 17.2 Å². The summed E-state index contributed by atoms with van der Waals surface area (Å²) in [5.41, 5.74) is 2.62. The molecule has 4 rings (SSSR count). The van der Waals surface area contributed by atoms with Crippen LogP contribution >= 0.6 is 0 Å². The number of carbonyl (C=O) groups is 2. The van der Waals surface area contributed by atoms with Gasteiger partial charge in [0.05, 0.1) is 18.2 Å². The SMILES string of the molecule is COc1ccccc1/C=C/C=C1/Oc2cc(OC(=O)c3ccccc3C)ccc2C1=O. The van der Waals surface area contributed by atoms with Crippen LogP contribution in [0.25, 0.3) is 6.08 Å². The van der Waals surface area contributed by atoms with Crippen molar-refractivity contribution in [3.05, 3.63) is 107 Å². The maximum absolute atomic E-state index is 12.6. The smallest absolute Gasteiger partial charge is 0.343 e. The minimum absolute atomic E-state index is 0.198. The molecule has 0 fully saturated rings. The first kappa shape index (κ1) is 20.2. The number of benzene rings is 3. The van der Waals surface area contributed by atoms with Gasteiger partial charge in [0.2, 0.25) is 5.78 Å². The minimum Gasteiger partial charge on any atom is -0.496 e. The lowest BCUT2D eigenvalue weighted by atomic mass is 10.1. The Bertz CT molecular complexity index is 1220. The second kappa shape index (κ2) is 8.71. The number of allylic oxidation sites excluding steroid dienone is 3. The van der Waals surface area contributed by atoms with Gasteiger partial charge in [-0.3, -0.25) is 4.79 Å². The number of esters is 1. The maximum atomic E-state index is 12.6. The van der Waals surface area contributed by atoms with Crippen LogP contribution in [0.2, 0.25) is 0 Å². The largest absolute Gasteiger partial charge is 0.496 e. The molecule has 0 amide bonds. The van der Waals surface area contributed by atoms with E-state index in [9.17, 15) is 9.59 Å². The van der Waals surface area contributed by atoms with Crippen LogP contribution < -0.4 is 14.2 Å². The summed E-state index contributed by atoms with van der Waals surface area (Å²) in [7, 11) is 1.61. The molecule has 3 aromatic carbocycles. The maximum Gasteiger partial charge on any atom is 0.343 e. The number of aryl methyl sites for hydroxylation is 1. The van der Waals surface area contributed by atoms with Gasteiger partial charge in [-0.2, -0.15) is 0 Å². The molecule has 1 aliphatic rings. The molecular weight excluding hydrogens is 392 g/mol. The van der Waals surface area contributed by atoms with Gasteiger partial charge in [-0.25, -0.2) is 4.79 Å². The topological polar surface area (TPSA) is 61.8 Å². The van der Waals surface area contributed by atoms with Gasteiger partial charge in [0.25, 0.3) is 0 Å². The van der Waals surface area contributed by atoms with Crippen LogP contribution in [0.1, 0.15) is 31.8 Å². The predicted octanol–water partition coefficient (Wildman–Crippen LogP) is 5.40. The van der Waals surface area contributed by atoms with Crippen molar-refractivity contribution in [3.8, 4) is 17.2 Å². The summed E-state index contributed by atoms with van der Waals surface area (Å²) in [6.07, 6.45) is 5.17. The molecule has 5 heteroatoms. The molecule has 0 spiro atoms. The van der Waals surface area contributed by atoms with E-state index in [1.165, 1.54) is 0 Å². The van der Waals surface area contributed by atoms with E-state index in [2.05, 4.69) is 0 Å². The van der Waals surface area contributed by atoms with Crippen molar-refractivity contribution in [2.75, 3.05) is 7.11 Å². The summed E-state index contributed by atoms with van der Waals surface area (Å²) in [5.74, 6) is 0.916. The Hall–Kier alpha value is -4.12. The van der Waals surface area contributed by atoms with Crippen molar-refractivity contribution in [2.24, 2.45) is 0 Å². The summed E-state index contributed by atoms with van der Waals surface area (Å²) < 4.78 is 16.5. The molecule has 31 heavy (non-hydrogen) atoms.